The zero-order valence-electron chi connectivity index (χ0n) is 18.9. The van der Waals surface area contributed by atoms with E-state index in [1.165, 1.54) is 11.8 Å². The fourth-order valence-electron chi connectivity index (χ4n) is 3.42. The van der Waals surface area contributed by atoms with Crippen molar-refractivity contribution < 1.29 is 28.9 Å². The van der Waals surface area contributed by atoms with Crippen LogP contribution in [0, 0.1) is 0 Å². The zero-order chi connectivity index (χ0) is 24.0. The Morgan fingerprint density at radius 3 is 2.61 bits per heavy atom. The molecule has 1 aliphatic rings. The Bertz CT molecular complexity index is 1110. The molecular formula is C24H26N2O6S. The Morgan fingerprint density at radius 1 is 1.15 bits per heavy atom. The summed E-state index contributed by atoms with van der Waals surface area (Å²) < 4.78 is 16.2. The Morgan fingerprint density at radius 2 is 1.94 bits per heavy atom. The third kappa shape index (κ3) is 5.67. The Hall–Kier alpha value is -3.46. The van der Waals surface area contributed by atoms with Crippen LogP contribution in [-0.2, 0) is 15.3 Å². The molecule has 3 rings (SSSR count). The number of ether oxygens (including phenoxy) is 3. The van der Waals surface area contributed by atoms with E-state index in [9.17, 15) is 14.7 Å². The molecule has 1 aliphatic heterocycles. The van der Waals surface area contributed by atoms with Gasteiger partial charge in [0.2, 0.25) is 0 Å². The van der Waals surface area contributed by atoms with Crippen molar-refractivity contribution in [3.8, 4) is 11.5 Å². The third-order valence-electron chi connectivity index (χ3n) is 4.99. The van der Waals surface area contributed by atoms with Gasteiger partial charge in [-0.3, -0.25) is 0 Å². The van der Waals surface area contributed by atoms with Crippen molar-refractivity contribution in [1.82, 2.24) is 5.32 Å². The number of carbonyl (C=O) groups is 2. The molecule has 2 aromatic carbocycles. The summed E-state index contributed by atoms with van der Waals surface area (Å²) in [6.07, 6.45) is 0. The van der Waals surface area contributed by atoms with E-state index >= 15 is 0 Å². The number of methoxy groups -OCH3 is 2. The second-order valence-electron chi connectivity index (χ2n) is 7.12. The van der Waals surface area contributed by atoms with Crippen LogP contribution in [0.15, 0.2) is 58.7 Å². The molecule has 0 aromatic heterocycles. The van der Waals surface area contributed by atoms with Gasteiger partial charge in [-0.05, 0) is 49.7 Å². The predicted molar refractivity (Wildman–Crippen MR) is 127 cm³/mol. The van der Waals surface area contributed by atoms with E-state index in [1.807, 2.05) is 6.07 Å². The summed E-state index contributed by atoms with van der Waals surface area (Å²) in [5.74, 6) is 0.244. The topological polar surface area (TPSA) is 106 Å². The van der Waals surface area contributed by atoms with E-state index in [0.717, 1.165) is 5.56 Å². The lowest BCUT2D eigenvalue weighted by atomic mass is 9.95. The SMILES string of the molecule is CCOC(=O)C1=C(C)NC(SCc2cccc(C(=O)O)c2)=N[C@@H]1c1cc(OC)ccc1OC. The molecule has 1 heterocycles. The van der Waals surface area contributed by atoms with Gasteiger partial charge < -0.3 is 24.6 Å². The van der Waals surface area contributed by atoms with Crippen molar-refractivity contribution in [2.75, 3.05) is 20.8 Å². The number of allylic oxidation sites excluding steroid dienone is 1. The number of carbonyl (C=O) groups excluding carboxylic acids is 1. The maximum absolute atomic E-state index is 12.8. The van der Waals surface area contributed by atoms with Crippen molar-refractivity contribution in [3.05, 3.63) is 70.4 Å². The van der Waals surface area contributed by atoms with Crippen molar-refractivity contribution in [3.63, 3.8) is 0 Å². The van der Waals surface area contributed by atoms with Crippen LogP contribution < -0.4 is 14.8 Å². The minimum Gasteiger partial charge on any atom is -0.497 e. The van der Waals surface area contributed by atoms with Crippen LogP contribution in [-0.4, -0.2) is 43.0 Å². The third-order valence-corrected chi connectivity index (χ3v) is 5.95. The van der Waals surface area contributed by atoms with Gasteiger partial charge in [0.1, 0.15) is 17.5 Å². The van der Waals surface area contributed by atoms with Gasteiger partial charge in [-0.25, -0.2) is 14.6 Å². The minimum absolute atomic E-state index is 0.228. The number of carboxylic acids is 1. The average molecular weight is 471 g/mol. The van der Waals surface area contributed by atoms with Gasteiger partial charge in [0.05, 0.1) is 32.0 Å². The van der Waals surface area contributed by atoms with Gasteiger partial charge in [0.15, 0.2) is 5.17 Å². The predicted octanol–water partition coefficient (Wildman–Crippen LogP) is 4.17. The van der Waals surface area contributed by atoms with E-state index in [-0.39, 0.29) is 12.2 Å². The number of aromatic carboxylic acids is 1. The lowest BCUT2D eigenvalue weighted by Crippen LogP contribution is -2.30. The molecule has 0 amide bonds. The largest absolute Gasteiger partial charge is 0.497 e. The molecule has 0 saturated heterocycles. The van der Waals surface area contributed by atoms with Gasteiger partial charge in [0, 0.05) is 17.0 Å². The highest BCUT2D eigenvalue weighted by Gasteiger charge is 2.32. The van der Waals surface area contributed by atoms with E-state index < -0.39 is 18.0 Å². The number of nitrogens with one attached hydrogen (secondary N) is 1. The maximum Gasteiger partial charge on any atom is 0.338 e. The van der Waals surface area contributed by atoms with Crippen molar-refractivity contribution in [1.29, 1.82) is 0 Å². The van der Waals surface area contributed by atoms with Gasteiger partial charge >= 0.3 is 11.9 Å². The van der Waals surface area contributed by atoms with E-state index in [1.54, 1.807) is 64.5 Å². The first-order chi connectivity index (χ1) is 15.9. The second kappa shape index (κ2) is 10.9. The van der Waals surface area contributed by atoms with Crippen LogP contribution in [0.4, 0.5) is 0 Å². The van der Waals surface area contributed by atoms with Crippen molar-refractivity contribution >= 4 is 28.9 Å². The molecule has 1 atom stereocenters. The first-order valence-corrected chi connectivity index (χ1v) is 11.3. The van der Waals surface area contributed by atoms with E-state index in [4.69, 9.17) is 19.2 Å². The summed E-state index contributed by atoms with van der Waals surface area (Å²) in [4.78, 5) is 28.9. The number of esters is 1. The molecule has 0 bridgehead atoms. The second-order valence-corrected chi connectivity index (χ2v) is 8.09. The molecular weight excluding hydrogens is 444 g/mol. The zero-order valence-corrected chi connectivity index (χ0v) is 19.7. The number of carboxylic acid groups (broad SMARTS) is 1. The van der Waals surface area contributed by atoms with Crippen molar-refractivity contribution in [2.45, 2.75) is 25.6 Å². The van der Waals surface area contributed by atoms with Crippen LogP contribution >= 0.6 is 11.8 Å². The molecule has 9 heteroatoms. The molecule has 0 fully saturated rings. The molecule has 2 N–H and O–H groups in total. The standard InChI is InChI=1S/C24H26N2O6S/c1-5-32-23(29)20-14(2)25-24(33-13-15-7-6-8-16(11-15)22(27)28)26-21(20)18-12-17(30-3)9-10-19(18)31-4/h6-12,21H,5,13H2,1-4H3,(H,25,26)(H,27,28)/t21-/m1/s1. The Kier molecular flexibility index (Phi) is 8.00. The number of aliphatic imine (C=N–C) groups is 1. The highest BCUT2D eigenvalue weighted by Crippen LogP contribution is 2.39. The fourth-order valence-corrected chi connectivity index (χ4v) is 4.31. The fraction of sp³-hybridized carbons (Fsp3) is 0.292. The summed E-state index contributed by atoms with van der Waals surface area (Å²) in [5.41, 5.74) is 2.76. The van der Waals surface area contributed by atoms with Crippen molar-refractivity contribution in [2.24, 2.45) is 4.99 Å². The number of nitrogens with zero attached hydrogens (tertiary/aromatic N) is 1. The number of benzene rings is 2. The highest BCUT2D eigenvalue weighted by atomic mass is 32.2. The molecule has 0 unspecified atom stereocenters. The molecule has 33 heavy (non-hydrogen) atoms. The quantitative estimate of drug-likeness (QED) is 0.554. The van der Waals surface area contributed by atoms with Crippen LogP contribution in [0.2, 0.25) is 0 Å². The van der Waals surface area contributed by atoms with Crippen LogP contribution in [0.25, 0.3) is 0 Å². The molecule has 0 radical (unpaired) electrons. The number of hydrogen-bond acceptors (Lipinski definition) is 8. The normalized spacial score (nSPS) is 15.4. The maximum atomic E-state index is 12.8. The lowest BCUT2D eigenvalue weighted by Gasteiger charge is -2.27. The van der Waals surface area contributed by atoms with Gasteiger partial charge in [0.25, 0.3) is 0 Å². The smallest absolute Gasteiger partial charge is 0.338 e. The summed E-state index contributed by atoms with van der Waals surface area (Å²) in [7, 11) is 3.12. The van der Waals surface area contributed by atoms with Crippen LogP contribution in [0.1, 0.15) is 41.4 Å². The number of amidine groups is 1. The number of hydrogen-bond donors (Lipinski definition) is 2. The van der Waals surface area contributed by atoms with E-state index in [2.05, 4.69) is 5.32 Å². The monoisotopic (exact) mass is 470 g/mol. The van der Waals surface area contributed by atoms with E-state index in [0.29, 0.717) is 39.3 Å². The van der Waals surface area contributed by atoms with Gasteiger partial charge in [-0.2, -0.15) is 0 Å². The van der Waals surface area contributed by atoms with Crippen LogP contribution in [0.3, 0.4) is 0 Å². The van der Waals surface area contributed by atoms with Gasteiger partial charge in [-0.15, -0.1) is 0 Å². The Labute approximate surface area is 196 Å². The minimum atomic E-state index is -0.974. The number of thioether (sulfide) groups is 1. The summed E-state index contributed by atoms with van der Waals surface area (Å²) in [5, 5.41) is 13.0. The number of rotatable bonds is 8. The molecule has 0 aliphatic carbocycles. The summed E-state index contributed by atoms with van der Waals surface area (Å²) in [6, 6.07) is 11.4. The van der Waals surface area contributed by atoms with Crippen LogP contribution in [0.5, 0.6) is 11.5 Å². The Balaban J connectivity index is 1.97. The van der Waals surface area contributed by atoms with Gasteiger partial charge in [-0.1, -0.05) is 23.9 Å². The first kappa shape index (κ1) is 24.2. The lowest BCUT2D eigenvalue weighted by molar-refractivity contribution is -0.138. The molecule has 0 spiro atoms. The average Bonchev–Trinajstić information content (AvgIpc) is 2.82. The molecule has 174 valence electrons. The molecule has 2 aromatic rings. The molecule has 8 nitrogen and oxygen atoms in total. The summed E-state index contributed by atoms with van der Waals surface area (Å²) >= 11 is 1.41. The first-order valence-electron chi connectivity index (χ1n) is 10.3. The highest BCUT2D eigenvalue weighted by molar-refractivity contribution is 8.13. The summed E-state index contributed by atoms with van der Waals surface area (Å²) in [6.45, 7) is 3.79. The molecule has 0 saturated carbocycles.